The third-order valence-corrected chi connectivity index (χ3v) is 2.04. The largest absolute Gasteiger partial charge is 0.481 e. The normalized spacial score (nSPS) is 13.0. The van der Waals surface area contributed by atoms with Gasteiger partial charge in [0, 0.05) is 13.1 Å². The van der Waals surface area contributed by atoms with Gasteiger partial charge >= 0.3 is 12.1 Å². The second kappa shape index (κ2) is 6.44. The molecule has 0 rings (SSSR count). The zero-order chi connectivity index (χ0) is 13.6. The molecule has 17 heavy (non-hydrogen) atoms. The minimum absolute atomic E-state index is 0.0583. The van der Waals surface area contributed by atoms with Gasteiger partial charge in [-0.1, -0.05) is 0 Å². The van der Waals surface area contributed by atoms with E-state index in [-0.39, 0.29) is 6.54 Å². The number of hydrogen-bond donors (Lipinski definition) is 2. The smallest absolute Gasteiger partial charge is 0.410 e. The summed E-state index contributed by atoms with van der Waals surface area (Å²) in [6, 6.07) is 0. The number of aliphatic carboxylic acids is 1. The first-order valence-electron chi connectivity index (χ1n) is 5.52. The Morgan fingerprint density at radius 2 is 1.88 bits per heavy atom. The van der Waals surface area contributed by atoms with Crippen LogP contribution in [0.1, 0.15) is 27.7 Å². The van der Waals surface area contributed by atoms with Crippen molar-refractivity contribution >= 4 is 12.1 Å². The average molecular weight is 247 g/mol. The molecule has 0 spiro atoms. The lowest BCUT2D eigenvalue weighted by Crippen LogP contribution is -2.41. The highest BCUT2D eigenvalue weighted by molar-refractivity contribution is 5.72. The van der Waals surface area contributed by atoms with Gasteiger partial charge in [-0.15, -0.1) is 0 Å². The molecule has 0 aliphatic carbocycles. The van der Waals surface area contributed by atoms with Crippen molar-refractivity contribution in [3.8, 4) is 0 Å². The molecular formula is C11H21NO5. The van der Waals surface area contributed by atoms with Crippen LogP contribution in [-0.2, 0) is 9.53 Å². The monoisotopic (exact) mass is 247 g/mol. The fraction of sp³-hybridized carbons (Fsp3) is 0.818. The van der Waals surface area contributed by atoms with E-state index in [2.05, 4.69) is 0 Å². The van der Waals surface area contributed by atoms with Crippen LogP contribution in [0.3, 0.4) is 0 Å². The van der Waals surface area contributed by atoms with Gasteiger partial charge in [0.1, 0.15) is 5.60 Å². The number of hydrogen-bond acceptors (Lipinski definition) is 4. The number of carbonyl (C=O) groups excluding carboxylic acids is 1. The highest BCUT2D eigenvalue weighted by Gasteiger charge is 2.26. The standard InChI is InChI=1S/C11H21NO5/c1-5-12(6-8(7-13)9(14)15)10(16)17-11(2,3)4/h8,13H,5-7H2,1-4H3,(H,14,15). The molecule has 0 aliphatic rings. The summed E-state index contributed by atoms with van der Waals surface area (Å²) in [6.45, 7) is 6.70. The number of aliphatic hydroxyl groups is 1. The van der Waals surface area contributed by atoms with Crippen LogP contribution in [-0.4, -0.2) is 52.5 Å². The van der Waals surface area contributed by atoms with Crippen molar-refractivity contribution in [2.24, 2.45) is 5.92 Å². The van der Waals surface area contributed by atoms with Crippen LogP contribution in [0.2, 0.25) is 0 Å². The van der Waals surface area contributed by atoms with Crippen molar-refractivity contribution in [1.82, 2.24) is 4.90 Å². The van der Waals surface area contributed by atoms with Crippen LogP contribution in [0.25, 0.3) is 0 Å². The molecule has 0 saturated heterocycles. The number of ether oxygens (including phenoxy) is 1. The van der Waals surface area contributed by atoms with Gasteiger partial charge in [-0.2, -0.15) is 0 Å². The Morgan fingerprint density at radius 3 is 2.18 bits per heavy atom. The third-order valence-electron chi connectivity index (χ3n) is 2.04. The Morgan fingerprint density at radius 1 is 1.35 bits per heavy atom. The summed E-state index contributed by atoms with van der Waals surface area (Å²) in [6.07, 6.45) is -0.570. The Kier molecular flexibility index (Phi) is 5.95. The second-order valence-corrected chi connectivity index (χ2v) is 4.74. The molecule has 6 nitrogen and oxygen atoms in total. The van der Waals surface area contributed by atoms with Crippen molar-refractivity contribution < 1.29 is 24.5 Å². The van der Waals surface area contributed by atoms with Gasteiger partial charge in [-0.25, -0.2) is 4.79 Å². The molecule has 6 heteroatoms. The van der Waals surface area contributed by atoms with E-state index in [1.54, 1.807) is 27.7 Å². The minimum Gasteiger partial charge on any atom is -0.481 e. The molecule has 0 aromatic heterocycles. The highest BCUT2D eigenvalue weighted by atomic mass is 16.6. The Labute approximate surface area is 101 Å². The third kappa shape index (κ3) is 6.11. The predicted molar refractivity (Wildman–Crippen MR) is 61.7 cm³/mol. The molecule has 100 valence electrons. The van der Waals surface area contributed by atoms with Crippen LogP contribution in [0.15, 0.2) is 0 Å². The molecule has 0 saturated carbocycles. The quantitative estimate of drug-likeness (QED) is 0.754. The van der Waals surface area contributed by atoms with Gasteiger partial charge in [0.25, 0.3) is 0 Å². The van der Waals surface area contributed by atoms with Crippen molar-refractivity contribution in [3.63, 3.8) is 0 Å². The van der Waals surface area contributed by atoms with Crippen LogP contribution in [0.4, 0.5) is 4.79 Å². The van der Waals surface area contributed by atoms with Gasteiger partial charge in [-0.05, 0) is 27.7 Å². The van der Waals surface area contributed by atoms with E-state index < -0.39 is 30.2 Å². The van der Waals surface area contributed by atoms with E-state index in [4.69, 9.17) is 14.9 Å². The molecular weight excluding hydrogens is 226 g/mol. The van der Waals surface area contributed by atoms with E-state index in [9.17, 15) is 9.59 Å². The molecule has 2 N–H and O–H groups in total. The van der Waals surface area contributed by atoms with E-state index >= 15 is 0 Å². The highest BCUT2D eigenvalue weighted by Crippen LogP contribution is 2.11. The lowest BCUT2D eigenvalue weighted by Gasteiger charge is -2.27. The second-order valence-electron chi connectivity index (χ2n) is 4.74. The van der Waals surface area contributed by atoms with Crippen molar-refractivity contribution in [2.75, 3.05) is 19.7 Å². The van der Waals surface area contributed by atoms with Crippen LogP contribution >= 0.6 is 0 Å². The first kappa shape index (κ1) is 15.7. The number of aliphatic hydroxyl groups excluding tert-OH is 1. The number of amides is 1. The maximum absolute atomic E-state index is 11.7. The SMILES string of the molecule is CCN(CC(CO)C(=O)O)C(=O)OC(C)(C)C. The molecule has 0 heterocycles. The minimum atomic E-state index is -1.13. The molecule has 1 amide bonds. The van der Waals surface area contributed by atoms with E-state index in [1.165, 1.54) is 4.90 Å². The fourth-order valence-electron chi connectivity index (χ4n) is 1.14. The van der Waals surface area contributed by atoms with E-state index in [0.717, 1.165) is 0 Å². The van der Waals surface area contributed by atoms with Crippen LogP contribution in [0, 0.1) is 5.92 Å². The van der Waals surface area contributed by atoms with Gasteiger partial charge in [0.05, 0.1) is 12.5 Å². The number of rotatable bonds is 5. The number of nitrogens with zero attached hydrogens (tertiary/aromatic N) is 1. The average Bonchev–Trinajstić information content (AvgIpc) is 2.15. The first-order valence-corrected chi connectivity index (χ1v) is 5.52. The Hall–Kier alpha value is -1.30. The maximum Gasteiger partial charge on any atom is 0.410 e. The van der Waals surface area contributed by atoms with Crippen molar-refractivity contribution in [1.29, 1.82) is 0 Å². The first-order chi connectivity index (χ1) is 7.71. The number of carboxylic acid groups (broad SMARTS) is 1. The molecule has 0 aromatic rings. The summed E-state index contributed by atoms with van der Waals surface area (Å²) in [4.78, 5) is 23.7. The predicted octanol–water partition coefficient (Wildman–Crippen LogP) is 0.936. The van der Waals surface area contributed by atoms with Crippen molar-refractivity contribution in [3.05, 3.63) is 0 Å². The summed E-state index contributed by atoms with van der Waals surface area (Å²) < 4.78 is 5.13. The summed E-state index contributed by atoms with van der Waals surface area (Å²) in [5.41, 5.74) is -0.623. The van der Waals surface area contributed by atoms with Crippen molar-refractivity contribution in [2.45, 2.75) is 33.3 Å². The van der Waals surface area contributed by atoms with Crippen LogP contribution < -0.4 is 0 Å². The maximum atomic E-state index is 11.7. The number of carboxylic acids is 1. The van der Waals surface area contributed by atoms with Gasteiger partial charge < -0.3 is 19.8 Å². The molecule has 0 bridgehead atoms. The van der Waals surface area contributed by atoms with Gasteiger partial charge in [0.2, 0.25) is 0 Å². The van der Waals surface area contributed by atoms with E-state index in [0.29, 0.717) is 6.54 Å². The Bertz CT molecular complexity index is 272. The summed E-state index contributed by atoms with van der Waals surface area (Å²) in [5.74, 6) is -2.11. The molecule has 0 aromatic carbocycles. The zero-order valence-electron chi connectivity index (χ0n) is 10.8. The van der Waals surface area contributed by atoms with E-state index in [1.807, 2.05) is 0 Å². The molecule has 1 unspecified atom stereocenters. The number of carbonyl (C=O) groups is 2. The summed E-state index contributed by atoms with van der Waals surface area (Å²) in [7, 11) is 0. The fourth-order valence-corrected chi connectivity index (χ4v) is 1.14. The molecule has 0 aliphatic heterocycles. The topological polar surface area (TPSA) is 87.1 Å². The zero-order valence-corrected chi connectivity index (χ0v) is 10.8. The molecule has 0 radical (unpaired) electrons. The van der Waals surface area contributed by atoms with Gasteiger partial charge in [-0.3, -0.25) is 4.79 Å². The van der Waals surface area contributed by atoms with Gasteiger partial charge in [0.15, 0.2) is 0 Å². The molecule has 0 fully saturated rings. The summed E-state index contributed by atoms with van der Waals surface area (Å²) in [5, 5.41) is 17.7. The Balaban J connectivity index is 4.51. The lowest BCUT2D eigenvalue weighted by atomic mass is 10.1. The lowest BCUT2D eigenvalue weighted by molar-refractivity contribution is -0.143. The summed E-state index contributed by atoms with van der Waals surface area (Å²) >= 11 is 0. The molecule has 1 atom stereocenters. The van der Waals surface area contributed by atoms with Crippen LogP contribution in [0.5, 0.6) is 0 Å².